The molecule has 1 N–H and O–H groups in total. The second-order valence-electron chi connectivity index (χ2n) is 4.33. The average molecular weight is 270 g/mol. The molecule has 2 aromatic carbocycles. The van der Waals surface area contributed by atoms with Gasteiger partial charge in [0.25, 0.3) is 0 Å². The van der Waals surface area contributed by atoms with Crippen molar-refractivity contribution in [1.82, 2.24) is 0 Å². The molecule has 0 fully saturated rings. The molecule has 0 saturated carbocycles. The maximum Gasteiger partial charge on any atom is 0.335 e. The molecule has 102 valence electrons. The van der Waals surface area contributed by atoms with Crippen molar-refractivity contribution in [3.63, 3.8) is 0 Å². The summed E-state index contributed by atoms with van der Waals surface area (Å²) >= 11 is 0. The number of carbonyl (C=O) groups is 2. The third kappa shape index (κ3) is 3.23. The van der Waals surface area contributed by atoms with Gasteiger partial charge in [-0.1, -0.05) is 24.3 Å². The van der Waals surface area contributed by atoms with Gasteiger partial charge in [0.15, 0.2) is 5.78 Å². The molecule has 0 atom stereocenters. The van der Waals surface area contributed by atoms with Gasteiger partial charge in [-0.25, -0.2) is 4.79 Å². The van der Waals surface area contributed by atoms with Crippen LogP contribution in [0.1, 0.15) is 26.3 Å². The first-order valence-electron chi connectivity index (χ1n) is 6.09. The van der Waals surface area contributed by atoms with E-state index in [4.69, 9.17) is 9.84 Å². The third-order valence-corrected chi connectivity index (χ3v) is 2.96. The maximum absolute atomic E-state index is 12.1. The van der Waals surface area contributed by atoms with E-state index in [1.165, 1.54) is 12.1 Å². The highest BCUT2D eigenvalue weighted by Crippen LogP contribution is 2.14. The first-order chi connectivity index (χ1) is 9.60. The zero-order chi connectivity index (χ0) is 14.5. The van der Waals surface area contributed by atoms with E-state index in [-0.39, 0.29) is 17.8 Å². The fourth-order valence-electron chi connectivity index (χ4n) is 1.86. The zero-order valence-electron chi connectivity index (χ0n) is 11.0. The molecule has 0 amide bonds. The van der Waals surface area contributed by atoms with Crippen molar-refractivity contribution in [3.8, 4) is 5.75 Å². The lowest BCUT2D eigenvalue weighted by Gasteiger charge is -2.04. The quantitative estimate of drug-likeness (QED) is 0.848. The van der Waals surface area contributed by atoms with Crippen LogP contribution >= 0.6 is 0 Å². The van der Waals surface area contributed by atoms with Crippen molar-refractivity contribution in [2.45, 2.75) is 6.42 Å². The Hall–Kier alpha value is -2.62. The van der Waals surface area contributed by atoms with Crippen LogP contribution in [-0.2, 0) is 6.42 Å². The minimum atomic E-state index is -1.04. The van der Waals surface area contributed by atoms with Crippen LogP contribution in [-0.4, -0.2) is 24.0 Å². The Balaban J connectivity index is 2.14. The van der Waals surface area contributed by atoms with Gasteiger partial charge in [0.1, 0.15) is 5.75 Å². The number of ketones is 1. The Morgan fingerprint density at radius 1 is 1.05 bits per heavy atom. The number of aromatic carboxylic acids is 1. The van der Waals surface area contributed by atoms with E-state index in [1.54, 1.807) is 31.4 Å². The summed E-state index contributed by atoms with van der Waals surface area (Å²) in [6.07, 6.45) is 0.229. The van der Waals surface area contributed by atoms with Crippen LogP contribution in [0.2, 0.25) is 0 Å². The van der Waals surface area contributed by atoms with Gasteiger partial charge in [-0.15, -0.1) is 0 Å². The molecule has 4 heteroatoms. The van der Waals surface area contributed by atoms with Crippen LogP contribution in [0.3, 0.4) is 0 Å². The van der Waals surface area contributed by atoms with E-state index >= 15 is 0 Å². The minimum Gasteiger partial charge on any atom is -0.497 e. The number of carboxylic acids is 1. The Morgan fingerprint density at radius 2 is 1.70 bits per heavy atom. The van der Waals surface area contributed by atoms with Crippen molar-refractivity contribution in [1.29, 1.82) is 0 Å². The lowest BCUT2D eigenvalue weighted by atomic mass is 10.0. The lowest BCUT2D eigenvalue weighted by molar-refractivity contribution is 0.0697. The predicted molar refractivity (Wildman–Crippen MR) is 74.4 cm³/mol. The monoisotopic (exact) mass is 270 g/mol. The lowest BCUT2D eigenvalue weighted by Crippen LogP contribution is -2.05. The number of carbonyl (C=O) groups excluding carboxylic acids is 1. The standard InChI is InChI=1S/C16H14O4/c1-20-14-7-5-11(6-8-14)9-15(17)12-3-2-4-13(10-12)16(18)19/h2-8,10H,9H2,1H3,(H,18,19). The Labute approximate surface area is 116 Å². The topological polar surface area (TPSA) is 63.6 Å². The molecule has 2 rings (SSSR count). The summed E-state index contributed by atoms with van der Waals surface area (Å²) in [5, 5.41) is 8.91. The summed E-state index contributed by atoms with van der Waals surface area (Å²) in [7, 11) is 1.58. The number of methoxy groups -OCH3 is 1. The number of ether oxygens (including phenoxy) is 1. The summed E-state index contributed by atoms with van der Waals surface area (Å²) in [6.45, 7) is 0. The van der Waals surface area contributed by atoms with E-state index in [9.17, 15) is 9.59 Å². The van der Waals surface area contributed by atoms with Crippen molar-refractivity contribution in [3.05, 3.63) is 65.2 Å². The fourth-order valence-corrected chi connectivity index (χ4v) is 1.86. The smallest absolute Gasteiger partial charge is 0.335 e. The van der Waals surface area contributed by atoms with Crippen LogP contribution in [0.4, 0.5) is 0 Å². The van der Waals surface area contributed by atoms with Crippen molar-refractivity contribution in [2.75, 3.05) is 7.11 Å². The number of benzene rings is 2. The van der Waals surface area contributed by atoms with E-state index in [2.05, 4.69) is 0 Å². The van der Waals surface area contributed by atoms with Crippen LogP contribution in [0.5, 0.6) is 5.75 Å². The summed E-state index contributed by atoms with van der Waals surface area (Å²) in [5.74, 6) is -0.420. The van der Waals surface area contributed by atoms with E-state index in [0.717, 1.165) is 11.3 Å². The first kappa shape index (κ1) is 13.8. The number of hydrogen-bond donors (Lipinski definition) is 1. The largest absolute Gasteiger partial charge is 0.497 e. The molecule has 0 saturated heterocycles. The van der Waals surface area contributed by atoms with Gasteiger partial charge in [0.2, 0.25) is 0 Å². The summed E-state index contributed by atoms with van der Waals surface area (Å²) in [6, 6.07) is 13.3. The molecular weight excluding hydrogens is 256 g/mol. The molecule has 0 aromatic heterocycles. The highest BCUT2D eigenvalue weighted by Gasteiger charge is 2.10. The Kier molecular flexibility index (Phi) is 4.15. The zero-order valence-corrected chi connectivity index (χ0v) is 11.0. The highest BCUT2D eigenvalue weighted by molar-refractivity contribution is 5.99. The van der Waals surface area contributed by atoms with Gasteiger partial charge in [-0.3, -0.25) is 4.79 Å². The number of Topliss-reactive ketones (excluding diaryl/α,β-unsaturated/α-hetero) is 1. The molecule has 0 aliphatic heterocycles. The predicted octanol–water partition coefficient (Wildman–Crippen LogP) is 2.82. The number of carboxylic acid groups (broad SMARTS) is 1. The molecule has 2 aromatic rings. The maximum atomic E-state index is 12.1. The van der Waals surface area contributed by atoms with Crippen LogP contribution in [0.25, 0.3) is 0 Å². The molecule has 0 heterocycles. The van der Waals surface area contributed by atoms with Crippen molar-refractivity contribution >= 4 is 11.8 Å². The van der Waals surface area contributed by atoms with Gasteiger partial charge in [-0.05, 0) is 29.8 Å². The molecule has 0 spiro atoms. The summed E-state index contributed by atoms with van der Waals surface area (Å²) in [4.78, 5) is 23.0. The molecule has 0 aliphatic rings. The normalized spacial score (nSPS) is 10.1. The molecule has 0 aliphatic carbocycles. The van der Waals surface area contributed by atoms with Gasteiger partial charge < -0.3 is 9.84 Å². The van der Waals surface area contributed by atoms with Gasteiger partial charge in [0.05, 0.1) is 12.7 Å². The first-order valence-corrected chi connectivity index (χ1v) is 6.09. The Bertz CT molecular complexity index is 629. The van der Waals surface area contributed by atoms with Gasteiger partial charge >= 0.3 is 5.97 Å². The average Bonchev–Trinajstić information content (AvgIpc) is 2.48. The van der Waals surface area contributed by atoms with Gasteiger partial charge in [-0.2, -0.15) is 0 Å². The minimum absolute atomic E-state index is 0.113. The number of rotatable bonds is 5. The second kappa shape index (κ2) is 6.02. The molecule has 20 heavy (non-hydrogen) atoms. The number of hydrogen-bond acceptors (Lipinski definition) is 3. The fraction of sp³-hybridized carbons (Fsp3) is 0.125. The van der Waals surface area contributed by atoms with Crippen LogP contribution < -0.4 is 4.74 Å². The molecule has 4 nitrogen and oxygen atoms in total. The van der Waals surface area contributed by atoms with E-state index in [0.29, 0.717) is 5.56 Å². The second-order valence-corrected chi connectivity index (χ2v) is 4.33. The summed E-state index contributed by atoms with van der Waals surface area (Å²) < 4.78 is 5.05. The Morgan fingerprint density at radius 3 is 2.30 bits per heavy atom. The third-order valence-electron chi connectivity index (χ3n) is 2.96. The van der Waals surface area contributed by atoms with Crippen molar-refractivity contribution < 1.29 is 19.4 Å². The summed E-state index contributed by atoms with van der Waals surface area (Å²) in [5.41, 5.74) is 1.38. The van der Waals surface area contributed by atoms with Crippen LogP contribution in [0.15, 0.2) is 48.5 Å². The molecule has 0 unspecified atom stereocenters. The van der Waals surface area contributed by atoms with Crippen molar-refractivity contribution in [2.24, 2.45) is 0 Å². The molecular formula is C16H14O4. The molecule has 0 radical (unpaired) electrons. The SMILES string of the molecule is COc1ccc(CC(=O)c2cccc(C(=O)O)c2)cc1. The van der Waals surface area contributed by atoms with E-state index < -0.39 is 5.97 Å². The van der Waals surface area contributed by atoms with E-state index in [1.807, 2.05) is 12.1 Å². The molecule has 0 bridgehead atoms. The van der Waals surface area contributed by atoms with Gasteiger partial charge in [0, 0.05) is 12.0 Å². The van der Waals surface area contributed by atoms with Crippen LogP contribution in [0, 0.1) is 0 Å². The highest BCUT2D eigenvalue weighted by atomic mass is 16.5.